The van der Waals surface area contributed by atoms with Crippen LogP contribution in [0.25, 0.3) is 5.65 Å². The van der Waals surface area contributed by atoms with Crippen LogP contribution in [0.5, 0.6) is 11.5 Å². The van der Waals surface area contributed by atoms with E-state index < -0.39 is 0 Å². The van der Waals surface area contributed by atoms with E-state index in [1.807, 2.05) is 54.8 Å². The zero-order valence-electron chi connectivity index (χ0n) is 15.1. The minimum absolute atomic E-state index is 0.00143. The van der Waals surface area contributed by atoms with Crippen molar-refractivity contribution in [2.75, 3.05) is 19.8 Å². The van der Waals surface area contributed by atoms with Crippen molar-refractivity contribution in [1.82, 2.24) is 14.3 Å². The van der Waals surface area contributed by atoms with Crippen LogP contribution in [-0.2, 0) is 11.3 Å². The Bertz CT molecular complexity index is 858. The van der Waals surface area contributed by atoms with Gasteiger partial charge in [0.15, 0.2) is 6.61 Å². The smallest absolute Gasteiger partial charge is 0.260 e. The maximum absolute atomic E-state index is 12.5. The summed E-state index contributed by atoms with van der Waals surface area (Å²) < 4.78 is 13.0. The molecule has 0 radical (unpaired) electrons. The Balaban J connectivity index is 1.60. The molecule has 3 aromatic rings. The van der Waals surface area contributed by atoms with Crippen molar-refractivity contribution < 1.29 is 14.3 Å². The summed E-state index contributed by atoms with van der Waals surface area (Å²) in [6, 6.07) is 13.1. The molecule has 0 saturated carbocycles. The molecule has 1 amide bonds. The minimum Gasteiger partial charge on any atom is -0.494 e. The quantitative estimate of drug-likeness (QED) is 0.624. The van der Waals surface area contributed by atoms with Gasteiger partial charge in [-0.05, 0) is 50.2 Å². The van der Waals surface area contributed by atoms with Gasteiger partial charge >= 0.3 is 0 Å². The Morgan fingerprint density at radius 3 is 2.50 bits per heavy atom. The molecule has 26 heavy (non-hydrogen) atoms. The third-order valence-corrected chi connectivity index (χ3v) is 4.08. The van der Waals surface area contributed by atoms with Gasteiger partial charge in [0, 0.05) is 12.7 Å². The standard InChI is InChI=1S/C20H23N3O3/c1-3-22(14-16-13-21-19-7-5-6-12-23(16)19)20(24)15-26-18-10-8-17(9-11-18)25-4-2/h5-13H,3-4,14-15H2,1-2H3. The molecule has 0 aliphatic carbocycles. The number of amides is 1. The van der Waals surface area contributed by atoms with Gasteiger partial charge in [0.2, 0.25) is 0 Å². The van der Waals surface area contributed by atoms with Crippen LogP contribution < -0.4 is 9.47 Å². The van der Waals surface area contributed by atoms with Crippen LogP contribution in [0, 0.1) is 0 Å². The van der Waals surface area contributed by atoms with E-state index in [9.17, 15) is 4.79 Å². The van der Waals surface area contributed by atoms with Crippen molar-refractivity contribution in [2.45, 2.75) is 20.4 Å². The predicted molar refractivity (Wildman–Crippen MR) is 99.4 cm³/mol. The van der Waals surface area contributed by atoms with E-state index in [2.05, 4.69) is 4.98 Å². The summed E-state index contributed by atoms with van der Waals surface area (Å²) in [6.07, 6.45) is 3.75. The fraction of sp³-hybridized carbons (Fsp3) is 0.300. The van der Waals surface area contributed by atoms with Crippen LogP contribution in [0.1, 0.15) is 19.5 Å². The van der Waals surface area contributed by atoms with E-state index in [0.717, 1.165) is 17.1 Å². The van der Waals surface area contributed by atoms with Crippen molar-refractivity contribution in [3.8, 4) is 11.5 Å². The van der Waals surface area contributed by atoms with Crippen LogP contribution >= 0.6 is 0 Å². The Hall–Kier alpha value is -3.02. The van der Waals surface area contributed by atoms with Crippen molar-refractivity contribution >= 4 is 11.6 Å². The summed E-state index contributed by atoms with van der Waals surface area (Å²) in [5.41, 5.74) is 1.84. The van der Waals surface area contributed by atoms with Crippen LogP contribution in [0.4, 0.5) is 0 Å². The molecular weight excluding hydrogens is 330 g/mol. The molecule has 0 atom stereocenters. The van der Waals surface area contributed by atoms with Crippen molar-refractivity contribution in [3.63, 3.8) is 0 Å². The number of hydrogen-bond acceptors (Lipinski definition) is 4. The maximum atomic E-state index is 12.5. The van der Waals surface area contributed by atoms with Crippen LogP contribution in [-0.4, -0.2) is 40.0 Å². The van der Waals surface area contributed by atoms with E-state index >= 15 is 0 Å². The lowest BCUT2D eigenvalue weighted by Gasteiger charge is -2.20. The number of aromatic nitrogens is 2. The SMILES string of the molecule is CCOc1ccc(OCC(=O)N(CC)Cc2cnc3ccccn23)cc1. The molecule has 0 unspecified atom stereocenters. The molecular formula is C20H23N3O3. The van der Waals surface area contributed by atoms with Crippen molar-refractivity contribution in [1.29, 1.82) is 0 Å². The summed E-state index contributed by atoms with van der Waals surface area (Å²) in [4.78, 5) is 18.6. The fourth-order valence-corrected chi connectivity index (χ4v) is 2.71. The lowest BCUT2D eigenvalue weighted by molar-refractivity contribution is -0.133. The molecule has 0 bridgehead atoms. The Labute approximate surface area is 153 Å². The van der Waals surface area contributed by atoms with Gasteiger partial charge in [-0.1, -0.05) is 6.07 Å². The zero-order valence-corrected chi connectivity index (χ0v) is 15.1. The summed E-state index contributed by atoms with van der Waals surface area (Å²) in [6.45, 7) is 5.61. The van der Waals surface area contributed by atoms with Crippen molar-refractivity contribution in [2.24, 2.45) is 0 Å². The largest absolute Gasteiger partial charge is 0.494 e. The van der Waals surface area contributed by atoms with Gasteiger partial charge in [0.05, 0.1) is 25.0 Å². The highest BCUT2D eigenvalue weighted by Crippen LogP contribution is 2.17. The van der Waals surface area contributed by atoms with E-state index in [-0.39, 0.29) is 12.5 Å². The molecule has 6 heteroatoms. The minimum atomic E-state index is -0.0627. The first kappa shape index (κ1) is 17.8. The Morgan fingerprint density at radius 1 is 1.08 bits per heavy atom. The molecule has 6 nitrogen and oxygen atoms in total. The number of ether oxygens (including phenoxy) is 2. The lowest BCUT2D eigenvalue weighted by Crippen LogP contribution is -2.34. The van der Waals surface area contributed by atoms with E-state index in [1.54, 1.807) is 23.2 Å². The number of carbonyl (C=O) groups is 1. The van der Waals surface area contributed by atoms with Crippen LogP contribution in [0.2, 0.25) is 0 Å². The van der Waals surface area contributed by atoms with Crippen LogP contribution in [0.15, 0.2) is 54.9 Å². The average Bonchev–Trinajstić information content (AvgIpc) is 3.08. The zero-order chi connectivity index (χ0) is 18.4. The van der Waals surface area contributed by atoms with Gasteiger partial charge in [-0.15, -0.1) is 0 Å². The van der Waals surface area contributed by atoms with Gasteiger partial charge in [-0.2, -0.15) is 0 Å². The van der Waals surface area contributed by atoms with E-state index in [0.29, 0.717) is 25.4 Å². The second-order valence-electron chi connectivity index (χ2n) is 5.78. The summed E-state index contributed by atoms with van der Waals surface area (Å²) in [7, 11) is 0. The number of likely N-dealkylation sites (N-methyl/N-ethyl adjacent to an activating group) is 1. The third kappa shape index (κ3) is 4.14. The third-order valence-electron chi connectivity index (χ3n) is 4.08. The van der Waals surface area contributed by atoms with E-state index in [4.69, 9.17) is 9.47 Å². The number of pyridine rings is 1. The maximum Gasteiger partial charge on any atom is 0.260 e. The number of benzene rings is 1. The second kappa shape index (κ2) is 8.38. The Kier molecular flexibility index (Phi) is 5.73. The molecule has 3 rings (SSSR count). The molecule has 0 saturated heterocycles. The van der Waals surface area contributed by atoms with Gasteiger partial charge in [0.25, 0.3) is 5.91 Å². The predicted octanol–water partition coefficient (Wildman–Crippen LogP) is 3.16. The Morgan fingerprint density at radius 2 is 1.81 bits per heavy atom. The number of rotatable bonds is 8. The number of imidazole rings is 1. The average molecular weight is 353 g/mol. The highest BCUT2D eigenvalue weighted by molar-refractivity contribution is 5.77. The first-order valence-electron chi connectivity index (χ1n) is 8.75. The van der Waals surface area contributed by atoms with Crippen LogP contribution in [0.3, 0.4) is 0 Å². The lowest BCUT2D eigenvalue weighted by atomic mass is 10.3. The van der Waals surface area contributed by atoms with Gasteiger partial charge in [-0.3, -0.25) is 4.79 Å². The van der Waals surface area contributed by atoms with Gasteiger partial charge in [0.1, 0.15) is 17.1 Å². The normalized spacial score (nSPS) is 10.7. The fourth-order valence-electron chi connectivity index (χ4n) is 2.71. The molecule has 0 spiro atoms. The molecule has 2 heterocycles. The number of hydrogen-bond donors (Lipinski definition) is 0. The molecule has 2 aromatic heterocycles. The highest BCUT2D eigenvalue weighted by atomic mass is 16.5. The van der Waals surface area contributed by atoms with Gasteiger partial charge in [-0.25, -0.2) is 4.98 Å². The topological polar surface area (TPSA) is 56.1 Å². The number of nitrogens with zero attached hydrogens (tertiary/aromatic N) is 3. The molecule has 0 fully saturated rings. The van der Waals surface area contributed by atoms with Crippen molar-refractivity contribution in [3.05, 3.63) is 60.6 Å². The first-order valence-corrected chi connectivity index (χ1v) is 8.75. The summed E-state index contributed by atoms with van der Waals surface area (Å²) >= 11 is 0. The molecule has 0 aliphatic heterocycles. The first-order chi connectivity index (χ1) is 12.7. The molecule has 0 N–H and O–H groups in total. The summed E-state index contributed by atoms with van der Waals surface area (Å²) in [5.74, 6) is 1.37. The number of carbonyl (C=O) groups excluding carboxylic acids is 1. The summed E-state index contributed by atoms with van der Waals surface area (Å²) in [5, 5.41) is 0. The van der Waals surface area contributed by atoms with E-state index in [1.165, 1.54) is 0 Å². The number of fused-ring (bicyclic) bond motifs is 1. The molecule has 1 aromatic carbocycles. The second-order valence-corrected chi connectivity index (χ2v) is 5.78. The monoisotopic (exact) mass is 353 g/mol. The highest BCUT2D eigenvalue weighted by Gasteiger charge is 2.15. The molecule has 136 valence electrons. The molecule has 0 aliphatic rings. The van der Waals surface area contributed by atoms with Gasteiger partial charge < -0.3 is 18.8 Å².